The molecule has 100 valence electrons. The lowest BCUT2D eigenvalue weighted by molar-refractivity contribution is -0.124. The molecule has 3 N–H and O–H groups in total. The molecular weight excluding hydrogens is 240 g/mol. The van der Waals surface area contributed by atoms with Gasteiger partial charge in [0, 0.05) is 17.6 Å². The van der Waals surface area contributed by atoms with Crippen molar-refractivity contribution in [3.05, 3.63) is 24.4 Å². The lowest BCUT2D eigenvalue weighted by atomic mass is 9.83. The van der Waals surface area contributed by atoms with E-state index in [-0.39, 0.29) is 11.3 Å². The average molecular weight is 258 g/mol. The highest BCUT2D eigenvalue weighted by atomic mass is 16.2. The Hall–Kier alpha value is -1.88. The van der Waals surface area contributed by atoms with Crippen LogP contribution >= 0.6 is 0 Å². The Labute approximate surface area is 111 Å². The van der Waals surface area contributed by atoms with Crippen molar-refractivity contribution in [2.75, 3.05) is 18.4 Å². The Balaban J connectivity index is 1.81. The first-order valence-corrected chi connectivity index (χ1v) is 6.69. The van der Waals surface area contributed by atoms with Gasteiger partial charge in [0.25, 0.3) is 0 Å². The van der Waals surface area contributed by atoms with E-state index < -0.39 is 0 Å². The van der Waals surface area contributed by atoms with E-state index in [1.807, 2.05) is 18.2 Å². The highest BCUT2D eigenvalue weighted by Gasteiger charge is 2.39. The number of nitrogens with one attached hydrogen (secondary N) is 3. The van der Waals surface area contributed by atoms with Crippen molar-refractivity contribution in [2.24, 2.45) is 5.41 Å². The SMILES string of the molecule is CCC1(C(=O)Nc2ccc3cn[nH]c3c2)CCNC1. The fourth-order valence-electron chi connectivity index (χ4n) is 2.68. The summed E-state index contributed by atoms with van der Waals surface area (Å²) in [4.78, 5) is 12.5. The van der Waals surface area contributed by atoms with Gasteiger partial charge in [-0.25, -0.2) is 0 Å². The summed E-state index contributed by atoms with van der Waals surface area (Å²) in [6, 6.07) is 5.80. The van der Waals surface area contributed by atoms with Crippen molar-refractivity contribution in [3.63, 3.8) is 0 Å². The first-order chi connectivity index (χ1) is 9.23. The minimum absolute atomic E-state index is 0.110. The van der Waals surface area contributed by atoms with E-state index in [9.17, 15) is 4.79 Å². The molecule has 1 aliphatic heterocycles. The van der Waals surface area contributed by atoms with E-state index in [0.717, 1.165) is 42.5 Å². The summed E-state index contributed by atoms with van der Waals surface area (Å²) in [7, 11) is 0. The van der Waals surface area contributed by atoms with E-state index in [0.29, 0.717) is 0 Å². The summed E-state index contributed by atoms with van der Waals surface area (Å²) in [6.45, 7) is 3.76. The molecule has 0 bridgehead atoms. The second-order valence-electron chi connectivity index (χ2n) is 5.19. The fourth-order valence-corrected chi connectivity index (χ4v) is 2.68. The molecule has 1 saturated heterocycles. The third kappa shape index (κ3) is 2.10. The zero-order chi connectivity index (χ0) is 13.3. The molecule has 1 fully saturated rings. The van der Waals surface area contributed by atoms with Crippen LogP contribution in [-0.4, -0.2) is 29.2 Å². The molecule has 5 nitrogen and oxygen atoms in total. The molecule has 2 aromatic rings. The summed E-state index contributed by atoms with van der Waals surface area (Å²) in [6.07, 6.45) is 3.54. The summed E-state index contributed by atoms with van der Waals surface area (Å²) < 4.78 is 0. The highest BCUT2D eigenvalue weighted by Crippen LogP contribution is 2.31. The number of rotatable bonds is 3. The maximum atomic E-state index is 12.5. The molecule has 1 unspecified atom stereocenters. The van der Waals surface area contributed by atoms with Crippen molar-refractivity contribution in [2.45, 2.75) is 19.8 Å². The number of benzene rings is 1. The second kappa shape index (κ2) is 4.66. The number of aromatic amines is 1. The monoisotopic (exact) mass is 258 g/mol. The van der Waals surface area contributed by atoms with Gasteiger partial charge in [0.05, 0.1) is 17.1 Å². The first-order valence-electron chi connectivity index (χ1n) is 6.69. The minimum atomic E-state index is -0.261. The van der Waals surface area contributed by atoms with E-state index >= 15 is 0 Å². The van der Waals surface area contributed by atoms with Gasteiger partial charge in [0.1, 0.15) is 0 Å². The highest BCUT2D eigenvalue weighted by molar-refractivity contribution is 5.97. The van der Waals surface area contributed by atoms with E-state index in [2.05, 4.69) is 27.8 Å². The standard InChI is InChI=1S/C14H18N4O/c1-2-14(5-6-15-9-14)13(19)17-11-4-3-10-8-16-18-12(10)7-11/h3-4,7-8,15H,2,5-6,9H2,1H3,(H,16,18)(H,17,19). The van der Waals surface area contributed by atoms with Crippen molar-refractivity contribution < 1.29 is 4.79 Å². The van der Waals surface area contributed by atoms with Crippen molar-refractivity contribution >= 4 is 22.5 Å². The lowest BCUT2D eigenvalue weighted by Crippen LogP contribution is -2.37. The number of aromatic nitrogens is 2. The minimum Gasteiger partial charge on any atom is -0.325 e. The number of hydrogen-bond acceptors (Lipinski definition) is 3. The van der Waals surface area contributed by atoms with Crippen LogP contribution in [0.3, 0.4) is 0 Å². The largest absolute Gasteiger partial charge is 0.325 e. The number of carbonyl (C=O) groups is 1. The van der Waals surface area contributed by atoms with Gasteiger partial charge in [-0.3, -0.25) is 9.89 Å². The van der Waals surface area contributed by atoms with Gasteiger partial charge in [-0.05, 0) is 37.6 Å². The summed E-state index contributed by atoms with van der Waals surface area (Å²) in [5.74, 6) is 0.110. The molecule has 0 spiro atoms. The van der Waals surface area contributed by atoms with E-state index in [1.54, 1.807) is 6.20 Å². The topological polar surface area (TPSA) is 69.8 Å². The number of amides is 1. The van der Waals surface area contributed by atoms with Gasteiger partial charge in [-0.2, -0.15) is 5.10 Å². The van der Waals surface area contributed by atoms with Crippen LogP contribution in [0.15, 0.2) is 24.4 Å². The second-order valence-corrected chi connectivity index (χ2v) is 5.19. The number of hydrogen-bond donors (Lipinski definition) is 3. The van der Waals surface area contributed by atoms with Crippen molar-refractivity contribution in [1.82, 2.24) is 15.5 Å². The van der Waals surface area contributed by atoms with Crippen LogP contribution in [0.1, 0.15) is 19.8 Å². The van der Waals surface area contributed by atoms with Crippen LogP contribution in [0.5, 0.6) is 0 Å². The molecule has 1 aromatic carbocycles. The Bertz CT molecular complexity index is 598. The zero-order valence-electron chi connectivity index (χ0n) is 11.0. The van der Waals surface area contributed by atoms with Crippen molar-refractivity contribution in [3.8, 4) is 0 Å². The Morgan fingerprint density at radius 2 is 2.42 bits per heavy atom. The predicted octanol–water partition coefficient (Wildman–Crippen LogP) is 1.89. The molecule has 1 aliphatic rings. The summed E-state index contributed by atoms with van der Waals surface area (Å²) >= 11 is 0. The van der Waals surface area contributed by atoms with Gasteiger partial charge >= 0.3 is 0 Å². The smallest absolute Gasteiger partial charge is 0.231 e. The van der Waals surface area contributed by atoms with Crippen molar-refractivity contribution in [1.29, 1.82) is 0 Å². The van der Waals surface area contributed by atoms with Gasteiger partial charge in [0.15, 0.2) is 0 Å². The van der Waals surface area contributed by atoms with Gasteiger partial charge < -0.3 is 10.6 Å². The molecule has 2 heterocycles. The Morgan fingerprint density at radius 3 is 3.16 bits per heavy atom. The van der Waals surface area contributed by atoms with Gasteiger partial charge in [0.2, 0.25) is 5.91 Å². The fraction of sp³-hybridized carbons (Fsp3) is 0.429. The average Bonchev–Trinajstić information content (AvgIpc) is 3.07. The number of carbonyl (C=O) groups excluding carboxylic acids is 1. The molecule has 0 radical (unpaired) electrons. The molecule has 1 amide bonds. The molecular formula is C14H18N4O. The van der Waals surface area contributed by atoms with Crippen LogP contribution < -0.4 is 10.6 Å². The Morgan fingerprint density at radius 1 is 1.53 bits per heavy atom. The van der Waals surface area contributed by atoms with Crippen LogP contribution in [-0.2, 0) is 4.79 Å². The molecule has 0 aliphatic carbocycles. The maximum absolute atomic E-state index is 12.5. The lowest BCUT2D eigenvalue weighted by Gasteiger charge is -2.25. The quantitative estimate of drug-likeness (QED) is 0.787. The van der Waals surface area contributed by atoms with Crippen LogP contribution in [0.2, 0.25) is 0 Å². The molecule has 1 aromatic heterocycles. The number of anilines is 1. The van der Waals surface area contributed by atoms with Gasteiger partial charge in [-0.15, -0.1) is 0 Å². The zero-order valence-corrected chi connectivity index (χ0v) is 11.0. The molecule has 0 saturated carbocycles. The van der Waals surface area contributed by atoms with E-state index in [4.69, 9.17) is 0 Å². The molecule has 19 heavy (non-hydrogen) atoms. The third-order valence-corrected chi connectivity index (χ3v) is 4.10. The third-order valence-electron chi connectivity index (χ3n) is 4.10. The normalized spacial score (nSPS) is 22.8. The van der Waals surface area contributed by atoms with Crippen LogP contribution in [0, 0.1) is 5.41 Å². The Kier molecular flexibility index (Phi) is 2.98. The molecule has 3 rings (SSSR count). The number of fused-ring (bicyclic) bond motifs is 1. The van der Waals surface area contributed by atoms with Gasteiger partial charge in [-0.1, -0.05) is 6.92 Å². The first kappa shape index (κ1) is 12.2. The molecule has 5 heteroatoms. The van der Waals surface area contributed by atoms with E-state index in [1.165, 1.54) is 0 Å². The molecule has 1 atom stereocenters. The summed E-state index contributed by atoms with van der Waals surface area (Å²) in [5.41, 5.74) is 1.50. The van der Waals surface area contributed by atoms with Crippen LogP contribution in [0.25, 0.3) is 10.9 Å². The maximum Gasteiger partial charge on any atom is 0.231 e. The number of H-pyrrole nitrogens is 1. The number of nitrogens with zero attached hydrogens (tertiary/aromatic N) is 1. The van der Waals surface area contributed by atoms with Crippen LogP contribution in [0.4, 0.5) is 5.69 Å². The summed E-state index contributed by atoms with van der Waals surface area (Å²) in [5, 5.41) is 14.3. The predicted molar refractivity (Wildman–Crippen MR) is 74.9 cm³/mol.